The van der Waals surface area contributed by atoms with Crippen molar-refractivity contribution in [2.75, 3.05) is 6.61 Å². The Kier molecular flexibility index (Phi) is 4.79. The summed E-state index contributed by atoms with van der Waals surface area (Å²) in [6, 6.07) is 0.116. The van der Waals surface area contributed by atoms with Gasteiger partial charge in [-0.3, -0.25) is 9.59 Å². The predicted molar refractivity (Wildman–Crippen MR) is 75.2 cm³/mol. The maximum Gasteiger partial charge on any atom is 0.315 e. The first-order valence-corrected chi connectivity index (χ1v) is 7.15. The van der Waals surface area contributed by atoms with Gasteiger partial charge < -0.3 is 9.64 Å². The Morgan fingerprint density at radius 2 is 1.63 bits per heavy atom. The molecule has 0 aromatic heterocycles. The van der Waals surface area contributed by atoms with E-state index in [0.717, 1.165) is 0 Å². The van der Waals surface area contributed by atoms with Crippen molar-refractivity contribution >= 4 is 35.1 Å². The SMILES string of the molecule is CC(C)N(C(=O)COC(=O)C1(C)CC1(Cl)Cl)C(C)C. The Morgan fingerprint density at radius 3 is 1.95 bits per heavy atom. The minimum absolute atomic E-state index is 0.0582. The van der Waals surface area contributed by atoms with Gasteiger partial charge in [-0.1, -0.05) is 0 Å². The summed E-state index contributed by atoms with van der Waals surface area (Å²) in [6.07, 6.45) is 0.355. The first kappa shape index (κ1) is 16.6. The molecule has 0 aliphatic heterocycles. The summed E-state index contributed by atoms with van der Waals surface area (Å²) in [5.74, 6) is -0.726. The first-order valence-electron chi connectivity index (χ1n) is 6.39. The van der Waals surface area contributed by atoms with Crippen LogP contribution in [0.5, 0.6) is 0 Å². The number of rotatable bonds is 5. The van der Waals surface area contributed by atoms with Gasteiger partial charge in [-0.25, -0.2) is 0 Å². The van der Waals surface area contributed by atoms with Crippen LogP contribution < -0.4 is 0 Å². The highest BCUT2D eigenvalue weighted by Crippen LogP contribution is 2.64. The number of halogens is 2. The van der Waals surface area contributed by atoms with Crippen molar-refractivity contribution in [1.29, 1.82) is 0 Å². The van der Waals surface area contributed by atoms with Gasteiger partial charge in [-0.15, -0.1) is 23.2 Å². The molecule has 1 aliphatic carbocycles. The lowest BCUT2D eigenvalue weighted by atomic mass is 10.1. The van der Waals surface area contributed by atoms with E-state index in [1.54, 1.807) is 11.8 Å². The molecule has 0 saturated heterocycles. The first-order chi connectivity index (χ1) is 8.53. The van der Waals surface area contributed by atoms with Gasteiger partial charge in [0.2, 0.25) is 0 Å². The maximum atomic E-state index is 12.0. The number of alkyl halides is 2. The van der Waals surface area contributed by atoms with Crippen molar-refractivity contribution in [3.05, 3.63) is 0 Å². The van der Waals surface area contributed by atoms with E-state index in [-0.39, 0.29) is 24.6 Å². The Labute approximate surface area is 124 Å². The average molecular weight is 310 g/mol. The molecular weight excluding hydrogens is 289 g/mol. The van der Waals surface area contributed by atoms with Gasteiger partial charge in [0, 0.05) is 18.5 Å². The fourth-order valence-corrected chi connectivity index (χ4v) is 2.84. The van der Waals surface area contributed by atoms with E-state index in [4.69, 9.17) is 27.9 Å². The number of nitrogens with zero attached hydrogens (tertiary/aromatic N) is 1. The van der Waals surface area contributed by atoms with E-state index in [0.29, 0.717) is 6.42 Å². The number of carbonyl (C=O) groups is 2. The van der Waals surface area contributed by atoms with Crippen LogP contribution in [0.15, 0.2) is 0 Å². The van der Waals surface area contributed by atoms with Crippen LogP contribution in [-0.2, 0) is 14.3 Å². The van der Waals surface area contributed by atoms with Crippen LogP contribution in [-0.4, -0.2) is 39.8 Å². The summed E-state index contributed by atoms with van der Waals surface area (Å²) in [5.41, 5.74) is -0.892. The minimum atomic E-state index is -1.07. The van der Waals surface area contributed by atoms with Crippen LogP contribution in [0.3, 0.4) is 0 Å². The Bertz CT molecular complexity index is 374. The summed E-state index contributed by atoms with van der Waals surface area (Å²) in [5, 5.41) is 0. The lowest BCUT2D eigenvalue weighted by Gasteiger charge is -2.30. The number of esters is 1. The normalized spacial score (nSPS) is 24.5. The van der Waals surface area contributed by atoms with Crippen LogP contribution in [0, 0.1) is 5.41 Å². The third-order valence-corrected chi connectivity index (χ3v) is 4.54. The second-order valence-corrected chi connectivity index (χ2v) is 7.26. The highest BCUT2D eigenvalue weighted by atomic mass is 35.5. The largest absolute Gasteiger partial charge is 0.455 e. The van der Waals surface area contributed by atoms with Gasteiger partial charge in [0.25, 0.3) is 5.91 Å². The van der Waals surface area contributed by atoms with Crippen molar-refractivity contribution in [2.24, 2.45) is 5.41 Å². The maximum absolute atomic E-state index is 12.0. The Hall–Kier alpha value is -0.480. The molecule has 0 radical (unpaired) electrons. The predicted octanol–water partition coefficient (Wildman–Crippen LogP) is 2.76. The van der Waals surface area contributed by atoms with E-state index in [2.05, 4.69) is 0 Å². The number of hydrogen-bond donors (Lipinski definition) is 0. The van der Waals surface area contributed by atoms with E-state index >= 15 is 0 Å². The van der Waals surface area contributed by atoms with Crippen LogP contribution in [0.4, 0.5) is 0 Å². The number of ether oxygens (including phenoxy) is 1. The quantitative estimate of drug-likeness (QED) is 0.579. The average Bonchev–Trinajstić information content (AvgIpc) is 2.75. The number of hydrogen-bond acceptors (Lipinski definition) is 3. The second kappa shape index (κ2) is 5.49. The monoisotopic (exact) mass is 309 g/mol. The molecule has 19 heavy (non-hydrogen) atoms. The van der Waals surface area contributed by atoms with Crippen molar-refractivity contribution in [1.82, 2.24) is 4.90 Å². The summed E-state index contributed by atoms with van der Waals surface area (Å²) in [6.45, 7) is 9.06. The van der Waals surface area contributed by atoms with E-state index in [9.17, 15) is 9.59 Å². The fraction of sp³-hybridized carbons (Fsp3) is 0.846. The molecule has 1 saturated carbocycles. The van der Waals surface area contributed by atoms with Gasteiger partial charge in [0.15, 0.2) is 6.61 Å². The standard InChI is InChI=1S/C13H21Cl2NO3/c1-8(2)16(9(3)4)10(17)6-19-11(18)12(5)7-13(12,14)15/h8-9H,6-7H2,1-5H3. The molecule has 0 heterocycles. The highest BCUT2D eigenvalue weighted by Gasteiger charge is 2.69. The van der Waals surface area contributed by atoms with Crippen LogP contribution in [0.2, 0.25) is 0 Å². The van der Waals surface area contributed by atoms with Crippen molar-refractivity contribution in [3.8, 4) is 0 Å². The summed E-state index contributed by atoms with van der Waals surface area (Å²) in [7, 11) is 0. The molecule has 1 rings (SSSR count). The Morgan fingerprint density at radius 1 is 1.21 bits per heavy atom. The number of amides is 1. The third-order valence-electron chi connectivity index (χ3n) is 3.44. The van der Waals surface area contributed by atoms with Crippen LogP contribution >= 0.6 is 23.2 Å². The molecule has 6 heteroatoms. The zero-order valence-corrected chi connectivity index (χ0v) is 13.5. The summed E-state index contributed by atoms with van der Waals surface area (Å²) < 4.78 is 3.98. The molecular formula is C13H21Cl2NO3. The third kappa shape index (κ3) is 3.34. The van der Waals surface area contributed by atoms with Gasteiger partial charge in [0.1, 0.15) is 9.75 Å². The van der Waals surface area contributed by atoms with Crippen molar-refractivity contribution in [3.63, 3.8) is 0 Å². The van der Waals surface area contributed by atoms with Gasteiger partial charge >= 0.3 is 5.97 Å². The molecule has 0 bridgehead atoms. The molecule has 110 valence electrons. The van der Waals surface area contributed by atoms with Crippen LogP contribution in [0.1, 0.15) is 41.0 Å². The molecule has 1 amide bonds. The van der Waals surface area contributed by atoms with Gasteiger partial charge in [-0.05, 0) is 34.6 Å². The molecule has 4 nitrogen and oxygen atoms in total. The van der Waals surface area contributed by atoms with Gasteiger partial charge in [-0.2, -0.15) is 0 Å². The van der Waals surface area contributed by atoms with E-state index in [1.165, 1.54) is 0 Å². The van der Waals surface area contributed by atoms with Crippen molar-refractivity contribution in [2.45, 2.75) is 57.5 Å². The second-order valence-electron chi connectivity index (χ2n) is 5.78. The van der Waals surface area contributed by atoms with Crippen LogP contribution in [0.25, 0.3) is 0 Å². The zero-order chi connectivity index (χ0) is 15.0. The molecule has 1 unspecified atom stereocenters. The Balaban J connectivity index is 2.53. The summed E-state index contributed by atoms with van der Waals surface area (Å²) in [4.78, 5) is 25.5. The molecule has 0 spiro atoms. The molecule has 1 atom stereocenters. The summed E-state index contributed by atoms with van der Waals surface area (Å²) >= 11 is 11.8. The molecule has 1 aliphatic rings. The van der Waals surface area contributed by atoms with E-state index in [1.807, 2.05) is 27.7 Å². The smallest absolute Gasteiger partial charge is 0.315 e. The molecule has 0 aromatic carbocycles. The lowest BCUT2D eigenvalue weighted by Crippen LogP contribution is -2.44. The molecule has 1 fully saturated rings. The highest BCUT2D eigenvalue weighted by molar-refractivity contribution is 6.53. The molecule has 0 N–H and O–H groups in total. The zero-order valence-electron chi connectivity index (χ0n) is 12.0. The molecule has 0 aromatic rings. The van der Waals surface area contributed by atoms with Crippen molar-refractivity contribution < 1.29 is 14.3 Å². The topological polar surface area (TPSA) is 46.6 Å². The minimum Gasteiger partial charge on any atom is -0.455 e. The lowest BCUT2D eigenvalue weighted by molar-refractivity contribution is -0.157. The number of carbonyl (C=O) groups excluding carboxylic acids is 2. The fourth-order valence-electron chi connectivity index (χ4n) is 2.15. The van der Waals surface area contributed by atoms with E-state index < -0.39 is 15.7 Å². The van der Waals surface area contributed by atoms with Gasteiger partial charge in [0.05, 0.1) is 0 Å².